The fourth-order valence-corrected chi connectivity index (χ4v) is 1.02. The van der Waals surface area contributed by atoms with Gasteiger partial charge in [0, 0.05) is 5.56 Å². The van der Waals surface area contributed by atoms with E-state index in [4.69, 9.17) is 10.2 Å². The lowest BCUT2D eigenvalue weighted by atomic mass is 10.1. The first-order valence-corrected chi connectivity index (χ1v) is 3.96. The smallest absolute Gasteiger partial charge is 0.387 e. The molecule has 15 heavy (non-hydrogen) atoms. The molecule has 0 atom stereocenters. The molecule has 0 aliphatic heterocycles. The van der Waals surface area contributed by atoms with Gasteiger partial charge in [-0.05, 0) is 12.1 Å². The van der Waals surface area contributed by atoms with E-state index in [9.17, 15) is 13.6 Å². The molecule has 0 aliphatic carbocycles. The molecule has 2 N–H and O–H groups in total. The summed E-state index contributed by atoms with van der Waals surface area (Å²) in [5.74, 6) is -1.58. The summed E-state index contributed by atoms with van der Waals surface area (Å²) in [4.78, 5) is 10.5. The Balaban J connectivity index is 3.07. The van der Waals surface area contributed by atoms with E-state index in [1.807, 2.05) is 0 Å². The monoisotopic (exact) mass is 218 g/mol. The van der Waals surface area contributed by atoms with Crippen LogP contribution in [0.4, 0.5) is 8.78 Å². The normalized spacial score (nSPS) is 10.4. The van der Waals surface area contributed by atoms with Gasteiger partial charge in [0.15, 0.2) is 0 Å². The molecule has 6 heteroatoms. The fourth-order valence-electron chi connectivity index (χ4n) is 1.02. The summed E-state index contributed by atoms with van der Waals surface area (Å²) in [5, 5.41) is 17.4. The van der Waals surface area contributed by atoms with E-state index in [0.29, 0.717) is 0 Å². The van der Waals surface area contributed by atoms with Crippen LogP contribution in [0.25, 0.3) is 0 Å². The van der Waals surface area contributed by atoms with E-state index < -0.39 is 19.2 Å². The molecule has 0 amide bonds. The highest BCUT2D eigenvalue weighted by Crippen LogP contribution is 2.22. The quantitative estimate of drug-likeness (QED) is 0.803. The summed E-state index contributed by atoms with van der Waals surface area (Å²) in [5.41, 5.74) is -0.0665. The number of benzene rings is 1. The zero-order chi connectivity index (χ0) is 11.4. The van der Waals surface area contributed by atoms with Crippen LogP contribution in [-0.4, -0.2) is 22.8 Å². The molecule has 0 unspecified atom stereocenters. The molecule has 0 spiro atoms. The average Bonchev–Trinajstić information content (AvgIpc) is 2.16. The zero-order valence-corrected chi connectivity index (χ0v) is 7.48. The number of hydrogen-bond donors (Lipinski definition) is 2. The highest BCUT2D eigenvalue weighted by atomic mass is 19.3. The van der Waals surface area contributed by atoms with Crippen LogP contribution < -0.4 is 4.74 Å². The maximum absolute atomic E-state index is 11.9. The minimum atomic E-state index is -3.06. The largest absolute Gasteiger partial charge is 0.478 e. The van der Waals surface area contributed by atoms with Crippen LogP contribution in [0.3, 0.4) is 0 Å². The number of ether oxygens (including phenoxy) is 1. The number of carbonyl (C=O) groups is 1. The van der Waals surface area contributed by atoms with Gasteiger partial charge in [0.25, 0.3) is 0 Å². The molecule has 1 aromatic carbocycles. The second-order valence-corrected chi connectivity index (χ2v) is 2.66. The molecule has 1 aromatic rings. The maximum atomic E-state index is 11.9. The molecule has 1 rings (SSSR count). The average molecular weight is 218 g/mol. The van der Waals surface area contributed by atoms with Crippen LogP contribution in [0.15, 0.2) is 18.2 Å². The Morgan fingerprint density at radius 3 is 2.60 bits per heavy atom. The Morgan fingerprint density at radius 2 is 2.13 bits per heavy atom. The SMILES string of the molecule is O=C(O)c1ccc(CO)c(OC(F)F)c1. The fraction of sp³-hybridized carbons (Fsp3) is 0.222. The number of carboxylic acid groups (broad SMARTS) is 1. The van der Waals surface area contributed by atoms with E-state index in [0.717, 1.165) is 6.07 Å². The van der Waals surface area contributed by atoms with Gasteiger partial charge in [-0.3, -0.25) is 0 Å². The Labute approximate surface area is 83.7 Å². The zero-order valence-electron chi connectivity index (χ0n) is 7.48. The number of hydrogen-bond acceptors (Lipinski definition) is 3. The number of alkyl halides is 2. The Hall–Kier alpha value is -1.69. The van der Waals surface area contributed by atoms with E-state index in [-0.39, 0.29) is 16.9 Å². The molecular formula is C9H8F2O4. The Morgan fingerprint density at radius 1 is 1.47 bits per heavy atom. The minimum Gasteiger partial charge on any atom is -0.478 e. The van der Waals surface area contributed by atoms with E-state index in [1.54, 1.807) is 0 Å². The summed E-state index contributed by atoms with van der Waals surface area (Å²) >= 11 is 0. The topological polar surface area (TPSA) is 66.8 Å². The summed E-state index contributed by atoms with van der Waals surface area (Å²) in [6.45, 7) is -3.55. The van der Waals surface area contributed by atoms with Crippen LogP contribution in [-0.2, 0) is 6.61 Å². The van der Waals surface area contributed by atoms with Crippen LogP contribution >= 0.6 is 0 Å². The number of halogens is 2. The predicted molar refractivity (Wildman–Crippen MR) is 46.0 cm³/mol. The number of aliphatic hydroxyl groups excluding tert-OH is 1. The summed E-state index contributed by atoms with van der Waals surface area (Å²) in [6, 6.07) is 3.37. The van der Waals surface area contributed by atoms with Gasteiger partial charge in [-0.15, -0.1) is 0 Å². The van der Waals surface area contributed by atoms with Crippen molar-refractivity contribution in [1.29, 1.82) is 0 Å². The van der Waals surface area contributed by atoms with Crippen molar-refractivity contribution in [2.75, 3.05) is 0 Å². The first-order valence-electron chi connectivity index (χ1n) is 3.96. The standard InChI is InChI=1S/C9H8F2O4/c10-9(11)15-7-3-5(8(13)14)1-2-6(7)4-12/h1-3,9,12H,4H2,(H,13,14). The molecule has 0 aliphatic rings. The van der Waals surface area contributed by atoms with Crippen LogP contribution in [0.5, 0.6) is 5.75 Å². The molecule has 0 saturated heterocycles. The van der Waals surface area contributed by atoms with Crippen LogP contribution in [0, 0.1) is 0 Å². The molecule has 0 heterocycles. The van der Waals surface area contributed by atoms with Crippen molar-refractivity contribution in [2.45, 2.75) is 13.2 Å². The van der Waals surface area contributed by atoms with Gasteiger partial charge in [-0.25, -0.2) is 4.79 Å². The van der Waals surface area contributed by atoms with Gasteiger partial charge >= 0.3 is 12.6 Å². The van der Waals surface area contributed by atoms with Gasteiger partial charge < -0.3 is 14.9 Å². The number of aromatic carboxylic acids is 1. The summed E-state index contributed by atoms with van der Waals surface area (Å²) in [6.07, 6.45) is 0. The maximum Gasteiger partial charge on any atom is 0.387 e. The summed E-state index contributed by atoms with van der Waals surface area (Å²) < 4.78 is 27.9. The van der Waals surface area contributed by atoms with E-state index >= 15 is 0 Å². The van der Waals surface area contributed by atoms with Crippen LogP contribution in [0.2, 0.25) is 0 Å². The van der Waals surface area contributed by atoms with Crippen molar-refractivity contribution < 1.29 is 28.5 Å². The van der Waals surface area contributed by atoms with Crippen molar-refractivity contribution in [3.8, 4) is 5.75 Å². The van der Waals surface area contributed by atoms with Crippen LogP contribution in [0.1, 0.15) is 15.9 Å². The first kappa shape index (κ1) is 11.4. The second kappa shape index (κ2) is 4.70. The van der Waals surface area contributed by atoms with Crippen molar-refractivity contribution in [3.63, 3.8) is 0 Å². The number of aliphatic hydroxyl groups is 1. The third-order valence-electron chi connectivity index (χ3n) is 1.70. The van der Waals surface area contributed by atoms with Crippen molar-refractivity contribution in [2.24, 2.45) is 0 Å². The van der Waals surface area contributed by atoms with E-state index in [2.05, 4.69) is 4.74 Å². The molecular weight excluding hydrogens is 210 g/mol. The van der Waals surface area contributed by atoms with Crippen molar-refractivity contribution >= 4 is 5.97 Å². The van der Waals surface area contributed by atoms with Gasteiger partial charge in [-0.1, -0.05) is 6.07 Å². The highest BCUT2D eigenvalue weighted by molar-refractivity contribution is 5.88. The molecule has 0 bridgehead atoms. The molecule has 0 fully saturated rings. The molecule has 0 radical (unpaired) electrons. The van der Waals surface area contributed by atoms with E-state index in [1.165, 1.54) is 12.1 Å². The van der Waals surface area contributed by atoms with Gasteiger partial charge in [-0.2, -0.15) is 8.78 Å². The molecule has 0 aromatic heterocycles. The molecule has 82 valence electrons. The number of carboxylic acids is 1. The first-order chi connectivity index (χ1) is 7.04. The number of rotatable bonds is 4. The third kappa shape index (κ3) is 2.88. The lowest BCUT2D eigenvalue weighted by Gasteiger charge is -2.09. The minimum absolute atomic E-state index is 0.111. The predicted octanol–water partition coefficient (Wildman–Crippen LogP) is 1.48. The molecule has 4 nitrogen and oxygen atoms in total. The van der Waals surface area contributed by atoms with Gasteiger partial charge in [0.05, 0.1) is 12.2 Å². The summed E-state index contributed by atoms with van der Waals surface area (Å²) in [7, 11) is 0. The lowest BCUT2D eigenvalue weighted by Crippen LogP contribution is -2.06. The second-order valence-electron chi connectivity index (χ2n) is 2.66. The Kier molecular flexibility index (Phi) is 3.56. The third-order valence-corrected chi connectivity index (χ3v) is 1.70. The van der Waals surface area contributed by atoms with Crippen molar-refractivity contribution in [1.82, 2.24) is 0 Å². The van der Waals surface area contributed by atoms with Gasteiger partial charge in [0.2, 0.25) is 0 Å². The lowest BCUT2D eigenvalue weighted by molar-refractivity contribution is -0.0510. The van der Waals surface area contributed by atoms with Crippen molar-refractivity contribution in [3.05, 3.63) is 29.3 Å². The Bertz CT molecular complexity index is 365. The molecule has 0 saturated carbocycles. The highest BCUT2D eigenvalue weighted by Gasteiger charge is 2.12. The van der Waals surface area contributed by atoms with Gasteiger partial charge in [0.1, 0.15) is 5.75 Å².